The summed E-state index contributed by atoms with van der Waals surface area (Å²) in [5.41, 5.74) is 7.49. The second-order valence-electron chi connectivity index (χ2n) is 7.95. The summed E-state index contributed by atoms with van der Waals surface area (Å²) in [5, 5.41) is 3.20. The Bertz CT molecular complexity index is 952. The number of piperazine rings is 1. The third-order valence-corrected chi connectivity index (χ3v) is 5.88. The number of piperidine rings is 1. The van der Waals surface area contributed by atoms with E-state index in [-0.39, 0.29) is 11.8 Å². The summed E-state index contributed by atoms with van der Waals surface area (Å²) in [6.07, 6.45) is 4.79. The summed E-state index contributed by atoms with van der Waals surface area (Å²) in [4.78, 5) is 38.6. The van der Waals surface area contributed by atoms with Gasteiger partial charge in [-0.25, -0.2) is 14.8 Å². The summed E-state index contributed by atoms with van der Waals surface area (Å²) < 4.78 is 4.79. The van der Waals surface area contributed by atoms with Crippen LogP contribution < -0.4 is 20.9 Å². The first-order chi connectivity index (χ1) is 15.5. The fourth-order valence-corrected chi connectivity index (χ4v) is 4.09. The minimum absolute atomic E-state index is 0.119. The summed E-state index contributed by atoms with van der Waals surface area (Å²) in [5.74, 6) is 0.489. The quantitative estimate of drug-likeness (QED) is 0.728. The number of ether oxygens (including phenoxy) is 1. The van der Waals surface area contributed by atoms with Gasteiger partial charge in [0, 0.05) is 50.6 Å². The predicted molar refractivity (Wildman–Crippen MR) is 123 cm³/mol. The molecular weight excluding hydrogens is 410 g/mol. The molecule has 2 aromatic rings. The van der Waals surface area contributed by atoms with E-state index >= 15 is 0 Å². The molecule has 170 valence electrons. The highest BCUT2D eigenvalue weighted by Gasteiger charge is 2.22. The lowest BCUT2D eigenvalue weighted by Gasteiger charge is -2.35. The number of rotatable bonds is 5. The number of amides is 2. The molecule has 0 aliphatic carbocycles. The molecule has 10 heteroatoms. The number of carbonyl (C=O) groups is 2. The lowest BCUT2D eigenvalue weighted by Crippen LogP contribution is -2.48. The lowest BCUT2D eigenvalue weighted by atomic mass is 10.1. The fraction of sp³-hybridized carbons (Fsp3) is 0.455. The number of benzene rings is 1. The van der Waals surface area contributed by atoms with Crippen molar-refractivity contribution >= 4 is 35.0 Å². The Morgan fingerprint density at radius 3 is 2.28 bits per heavy atom. The number of nitrogens with zero attached hydrogens (tertiary/aromatic N) is 5. The molecule has 0 atom stereocenters. The summed E-state index contributed by atoms with van der Waals surface area (Å²) in [6, 6.07) is 7.87. The van der Waals surface area contributed by atoms with E-state index in [1.54, 1.807) is 11.1 Å². The molecule has 4 rings (SSSR count). The van der Waals surface area contributed by atoms with E-state index in [2.05, 4.69) is 25.1 Å². The molecule has 0 spiro atoms. The Kier molecular flexibility index (Phi) is 6.58. The van der Waals surface area contributed by atoms with Crippen molar-refractivity contribution in [3.63, 3.8) is 0 Å². The fourth-order valence-electron chi connectivity index (χ4n) is 4.09. The van der Waals surface area contributed by atoms with Gasteiger partial charge in [-0.3, -0.25) is 4.79 Å². The van der Waals surface area contributed by atoms with Gasteiger partial charge in [0.25, 0.3) is 5.91 Å². The van der Waals surface area contributed by atoms with Crippen molar-refractivity contribution in [2.75, 3.05) is 61.5 Å². The van der Waals surface area contributed by atoms with Crippen molar-refractivity contribution in [2.45, 2.75) is 19.3 Å². The largest absolute Gasteiger partial charge is 0.453 e. The van der Waals surface area contributed by atoms with Gasteiger partial charge < -0.3 is 30.5 Å². The smallest absolute Gasteiger partial charge is 0.409 e. The number of nitrogens with one attached hydrogen (secondary N) is 1. The van der Waals surface area contributed by atoms with Crippen LogP contribution in [0.25, 0.3) is 0 Å². The number of anilines is 4. The Morgan fingerprint density at radius 1 is 0.969 bits per heavy atom. The molecule has 32 heavy (non-hydrogen) atoms. The SMILES string of the molecule is COC(=O)N1CCN(c2ccc(Nc3nc(N4CCCCC4)cnc3C(N)=O)cc2)CC1. The van der Waals surface area contributed by atoms with Gasteiger partial charge in [0.1, 0.15) is 5.82 Å². The van der Waals surface area contributed by atoms with Gasteiger partial charge in [0.05, 0.1) is 13.3 Å². The highest BCUT2D eigenvalue weighted by molar-refractivity contribution is 5.96. The first-order valence-electron chi connectivity index (χ1n) is 10.9. The van der Waals surface area contributed by atoms with Crippen molar-refractivity contribution < 1.29 is 14.3 Å². The molecule has 3 N–H and O–H groups in total. The van der Waals surface area contributed by atoms with E-state index in [4.69, 9.17) is 10.5 Å². The van der Waals surface area contributed by atoms with Crippen molar-refractivity contribution in [1.82, 2.24) is 14.9 Å². The van der Waals surface area contributed by atoms with E-state index in [1.807, 2.05) is 24.3 Å². The highest BCUT2D eigenvalue weighted by atomic mass is 16.5. The molecular formula is C22H29N7O3. The van der Waals surface area contributed by atoms with E-state index in [9.17, 15) is 9.59 Å². The summed E-state index contributed by atoms with van der Waals surface area (Å²) in [7, 11) is 1.40. The molecule has 0 saturated carbocycles. The van der Waals surface area contributed by atoms with Crippen LogP contribution >= 0.6 is 0 Å². The molecule has 0 radical (unpaired) electrons. The third-order valence-electron chi connectivity index (χ3n) is 5.88. The number of hydrogen-bond donors (Lipinski definition) is 2. The van der Waals surface area contributed by atoms with E-state index < -0.39 is 5.91 Å². The summed E-state index contributed by atoms with van der Waals surface area (Å²) in [6.45, 7) is 4.57. The molecule has 0 bridgehead atoms. The standard InChI is InChI=1S/C22H29N7O3/c1-32-22(31)29-13-11-27(12-14-29)17-7-5-16(6-8-17)25-21-19(20(23)30)24-15-18(26-21)28-9-3-2-4-10-28/h5-8,15H,2-4,9-14H2,1H3,(H2,23,30)(H,25,26). The first-order valence-corrected chi connectivity index (χ1v) is 10.9. The predicted octanol–water partition coefficient (Wildman–Crippen LogP) is 2.20. The maximum absolute atomic E-state index is 11.9. The Balaban J connectivity index is 1.46. The van der Waals surface area contributed by atoms with Crippen molar-refractivity contribution in [2.24, 2.45) is 5.73 Å². The van der Waals surface area contributed by atoms with Crippen molar-refractivity contribution in [3.8, 4) is 0 Å². The van der Waals surface area contributed by atoms with Crippen LogP contribution in [0.4, 0.5) is 27.8 Å². The maximum Gasteiger partial charge on any atom is 0.409 e. The average Bonchev–Trinajstić information content (AvgIpc) is 2.84. The highest BCUT2D eigenvalue weighted by Crippen LogP contribution is 2.25. The third kappa shape index (κ3) is 4.84. The van der Waals surface area contributed by atoms with Gasteiger partial charge in [0.2, 0.25) is 0 Å². The van der Waals surface area contributed by atoms with Crippen LogP contribution in [0.2, 0.25) is 0 Å². The molecule has 2 amide bonds. The monoisotopic (exact) mass is 439 g/mol. The van der Waals surface area contributed by atoms with E-state index in [0.717, 1.165) is 56.2 Å². The second kappa shape index (κ2) is 9.71. The van der Waals surface area contributed by atoms with Crippen LogP contribution in [0, 0.1) is 0 Å². The molecule has 2 saturated heterocycles. The number of aromatic nitrogens is 2. The Labute approximate surface area is 187 Å². The van der Waals surface area contributed by atoms with Crippen LogP contribution in [0.1, 0.15) is 29.8 Å². The number of nitrogens with two attached hydrogens (primary N) is 1. The van der Waals surface area contributed by atoms with Crippen molar-refractivity contribution in [1.29, 1.82) is 0 Å². The zero-order valence-corrected chi connectivity index (χ0v) is 18.3. The molecule has 3 heterocycles. The van der Waals surface area contributed by atoms with Gasteiger partial charge in [-0.05, 0) is 43.5 Å². The van der Waals surface area contributed by atoms with E-state index in [0.29, 0.717) is 18.9 Å². The molecule has 0 unspecified atom stereocenters. The molecule has 10 nitrogen and oxygen atoms in total. The van der Waals surface area contributed by atoms with Crippen LogP contribution in [0.15, 0.2) is 30.5 Å². The van der Waals surface area contributed by atoms with E-state index in [1.165, 1.54) is 13.5 Å². The van der Waals surface area contributed by atoms with Crippen LogP contribution in [0.3, 0.4) is 0 Å². The molecule has 2 aliphatic heterocycles. The van der Waals surface area contributed by atoms with Crippen LogP contribution in [-0.2, 0) is 4.74 Å². The van der Waals surface area contributed by atoms with Gasteiger partial charge in [0.15, 0.2) is 11.5 Å². The van der Waals surface area contributed by atoms with Gasteiger partial charge >= 0.3 is 6.09 Å². The Hall–Kier alpha value is -3.56. The number of methoxy groups -OCH3 is 1. The average molecular weight is 440 g/mol. The number of hydrogen-bond acceptors (Lipinski definition) is 8. The van der Waals surface area contributed by atoms with Crippen molar-refractivity contribution in [3.05, 3.63) is 36.2 Å². The molecule has 1 aromatic heterocycles. The zero-order valence-electron chi connectivity index (χ0n) is 18.3. The van der Waals surface area contributed by atoms with Gasteiger partial charge in [-0.1, -0.05) is 0 Å². The lowest BCUT2D eigenvalue weighted by molar-refractivity contribution is 0.0996. The molecule has 2 aliphatic rings. The minimum Gasteiger partial charge on any atom is -0.453 e. The Morgan fingerprint density at radius 2 is 1.66 bits per heavy atom. The normalized spacial score (nSPS) is 16.6. The van der Waals surface area contributed by atoms with Crippen LogP contribution in [-0.4, -0.2) is 73.2 Å². The van der Waals surface area contributed by atoms with Gasteiger partial charge in [-0.2, -0.15) is 0 Å². The summed E-state index contributed by atoms with van der Waals surface area (Å²) >= 11 is 0. The second-order valence-corrected chi connectivity index (χ2v) is 7.95. The maximum atomic E-state index is 11.9. The number of carbonyl (C=O) groups excluding carboxylic acids is 2. The molecule has 2 fully saturated rings. The zero-order chi connectivity index (χ0) is 22.5. The van der Waals surface area contributed by atoms with Gasteiger partial charge in [-0.15, -0.1) is 0 Å². The first kappa shape index (κ1) is 21.7. The minimum atomic E-state index is -0.620. The van der Waals surface area contributed by atoms with Crippen LogP contribution in [0.5, 0.6) is 0 Å². The molecule has 1 aromatic carbocycles. The number of primary amides is 1. The topological polar surface area (TPSA) is 117 Å².